The molecule has 1 aromatic rings. The molecule has 1 fully saturated rings. The topological polar surface area (TPSA) is 28.2 Å². The number of aromatic nitrogens is 1. The molecule has 3 nitrogen and oxygen atoms in total. The molecule has 18 heavy (non-hydrogen) atoms. The summed E-state index contributed by atoms with van der Waals surface area (Å²) in [4.78, 5) is 6.38. The third kappa shape index (κ3) is 4.03. The van der Waals surface area contributed by atoms with E-state index < -0.39 is 0 Å². The Balaban J connectivity index is 1.66. The highest BCUT2D eigenvalue weighted by atomic mass is 19.1. The maximum atomic E-state index is 13.0. The molecule has 0 amide bonds. The highest BCUT2D eigenvalue weighted by Crippen LogP contribution is 2.12. The Kier molecular flexibility index (Phi) is 5.08. The van der Waals surface area contributed by atoms with Crippen LogP contribution in [0.4, 0.5) is 4.39 Å². The van der Waals surface area contributed by atoms with Crippen molar-refractivity contribution in [3.63, 3.8) is 0 Å². The van der Waals surface area contributed by atoms with E-state index in [0.29, 0.717) is 0 Å². The third-order valence-corrected chi connectivity index (χ3v) is 3.53. The lowest BCUT2D eigenvalue weighted by atomic mass is 10.1. The zero-order valence-electron chi connectivity index (χ0n) is 11.0. The fourth-order valence-corrected chi connectivity index (χ4v) is 2.41. The summed E-state index contributed by atoms with van der Waals surface area (Å²) in [6.45, 7) is 6.69. The van der Waals surface area contributed by atoms with Crippen LogP contribution < -0.4 is 5.32 Å². The van der Waals surface area contributed by atoms with Crippen molar-refractivity contribution in [1.29, 1.82) is 0 Å². The minimum atomic E-state index is -0.266. The van der Waals surface area contributed by atoms with Crippen molar-refractivity contribution in [1.82, 2.24) is 15.2 Å². The molecule has 4 heteroatoms. The summed E-state index contributed by atoms with van der Waals surface area (Å²) < 4.78 is 13.0. The summed E-state index contributed by atoms with van der Waals surface area (Å²) in [5, 5.41) is 3.42. The number of halogens is 1. The molecule has 1 aromatic heterocycles. The first-order valence-electron chi connectivity index (χ1n) is 6.82. The Hall–Kier alpha value is -1.00. The minimum Gasteiger partial charge on any atom is -0.310 e. The summed E-state index contributed by atoms with van der Waals surface area (Å²) in [7, 11) is 0. The minimum absolute atomic E-state index is 0.159. The first kappa shape index (κ1) is 13.4. The van der Waals surface area contributed by atoms with Gasteiger partial charge < -0.3 is 10.2 Å². The molecule has 0 radical (unpaired) electrons. The molecule has 100 valence electrons. The van der Waals surface area contributed by atoms with Gasteiger partial charge in [-0.3, -0.25) is 4.98 Å². The van der Waals surface area contributed by atoms with E-state index in [9.17, 15) is 4.39 Å². The monoisotopic (exact) mass is 251 g/mol. The Labute approximate surface area is 108 Å². The van der Waals surface area contributed by atoms with E-state index in [0.717, 1.165) is 18.5 Å². The molecular formula is C14H22FN3. The third-order valence-electron chi connectivity index (χ3n) is 3.53. The predicted molar refractivity (Wildman–Crippen MR) is 70.9 cm³/mol. The van der Waals surface area contributed by atoms with Crippen molar-refractivity contribution < 1.29 is 4.39 Å². The second-order valence-electron chi connectivity index (χ2n) is 5.01. The van der Waals surface area contributed by atoms with E-state index in [1.54, 1.807) is 12.3 Å². The zero-order chi connectivity index (χ0) is 12.8. The average molecular weight is 251 g/mol. The highest BCUT2D eigenvalue weighted by molar-refractivity contribution is 5.14. The normalized spacial score (nSPS) is 18.1. The van der Waals surface area contributed by atoms with Crippen molar-refractivity contribution in [2.45, 2.75) is 32.2 Å². The lowest BCUT2D eigenvalue weighted by Gasteiger charge is -2.17. The smallest absolute Gasteiger partial charge is 0.141 e. The Bertz CT molecular complexity index is 364. The summed E-state index contributed by atoms with van der Waals surface area (Å²) in [5.74, 6) is -0.266. The molecular weight excluding hydrogens is 229 g/mol. The number of rotatable bonds is 6. The Morgan fingerprint density at radius 1 is 1.39 bits per heavy atom. The molecule has 0 bridgehead atoms. The van der Waals surface area contributed by atoms with Crippen molar-refractivity contribution in [3.8, 4) is 0 Å². The van der Waals surface area contributed by atoms with E-state index >= 15 is 0 Å². The Morgan fingerprint density at radius 3 is 2.89 bits per heavy atom. The van der Waals surface area contributed by atoms with Crippen LogP contribution in [0, 0.1) is 5.82 Å². The summed E-state index contributed by atoms with van der Waals surface area (Å²) in [5.41, 5.74) is 0.913. The fourth-order valence-electron chi connectivity index (χ4n) is 2.41. The van der Waals surface area contributed by atoms with Gasteiger partial charge in [-0.15, -0.1) is 0 Å². The SMILES string of the molecule is CC(NCCCN1CCCC1)c1cncc(F)c1. The van der Waals surface area contributed by atoms with Crippen LogP contribution in [0.25, 0.3) is 0 Å². The Morgan fingerprint density at radius 2 is 2.17 bits per heavy atom. The molecule has 1 N–H and O–H groups in total. The lowest BCUT2D eigenvalue weighted by Crippen LogP contribution is -2.26. The molecule has 1 atom stereocenters. The standard InChI is InChI=1S/C14H22FN3/c1-12(13-9-14(15)11-16-10-13)17-5-4-8-18-6-2-3-7-18/h9-12,17H,2-8H2,1H3. The van der Waals surface area contributed by atoms with Gasteiger partial charge in [0, 0.05) is 12.2 Å². The van der Waals surface area contributed by atoms with Gasteiger partial charge in [-0.2, -0.15) is 0 Å². The molecule has 0 aliphatic carbocycles. The maximum absolute atomic E-state index is 13.0. The first-order valence-corrected chi connectivity index (χ1v) is 6.82. The van der Waals surface area contributed by atoms with Gasteiger partial charge in [0.05, 0.1) is 6.20 Å². The van der Waals surface area contributed by atoms with Crippen molar-refractivity contribution in [2.75, 3.05) is 26.2 Å². The van der Waals surface area contributed by atoms with Crippen LogP contribution >= 0.6 is 0 Å². The van der Waals surface area contributed by atoms with Gasteiger partial charge in [0.15, 0.2) is 0 Å². The summed E-state index contributed by atoms with van der Waals surface area (Å²) in [6.07, 6.45) is 6.80. The van der Waals surface area contributed by atoms with Gasteiger partial charge in [-0.1, -0.05) is 0 Å². The fraction of sp³-hybridized carbons (Fsp3) is 0.643. The second kappa shape index (κ2) is 6.81. The number of pyridine rings is 1. The van der Waals surface area contributed by atoms with Crippen LogP contribution in [0.2, 0.25) is 0 Å². The average Bonchev–Trinajstić information content (AvgIpc) is 2.87. The highest BCUT2D eigenvalue weighted by Gasteiger charge is 2.11. The van der Waals surface area contributed by atoms with Gasteiger partial charge in [0.2, 0.25) is 0 Å². The number of nitrogens with zero attached hydrogens (tertiary/aromatic N) is 2. The zero-order valence-corrected chi connectivity index (χ0v) is 11.0. The number of hydrogen-bond acceptors (Lipinski definition) is 3. The number of hydrogen-bond donors (Lipinski definition) is 1. The van der Waals surface area contributed by atoms with Crippen molar-refractivity contribution in [2.24, 2.45) is 0 Å². The summed E-state index contributed by atoms with van der Waals surface area (Å²) >= 11 is 0. The van der Waals surface area contributed by atoms with Gasteiger partial charge in [-0.05, 0) is 64.0 Å². The van der Waals surface area contributed by atoms with Crippen LogP contribution in [0.15, 0.2) is 18.5 Å². The second-order valence-corrected chi connectivity index (χ2v) is 5.01. The van der Waals surface area contributed by atoms with Gasteiger partial charge in [-0.25, -0.2) is 4.39 Å². The molecule has 1 aliphatic rings. The first-order chi connectivity index (χ1) is 8.75. The molecule has 0 aromatic carbocycles. The van der Waals surface area contributed by atoms with Gasteiger partial charge in [0.1, 0.15) is 5.82 Å². The molecule has 1 unspecified atom stereocenters. The van der Waals surface area contributed by atoms with Crippen LogP contribution in [-0.2, 0) is 0 Å². The van der Waals surface area contributed by atoms with E-state index in [2.05, 4.69) is 15.2 Å². The van der Waals surface area contributed by atoms with Crippen LogP contribution in [0.3, 0.4) is 0 Å². The number of nitrogens with one attached hydrogen (secondary N) is 1. The van der Waals surface area contributed by atoms with E-state index in [4.69, 9.17) is 0 Å². The maximum Gasteiger partial charge on any atom is 0.141 e. The lowest BCUT2D eigenvalue weighted by molar-refractivity contribution is 0.328. The van der Waals surface area contributed by atoms with E-state index in [1.807, 2.05) is 6.92 Å². The molecule has 1 aliphatic heterocycles. The van der Waals surface area contributed by atoms with Crippen molar-refractivity contribution in [3.05, 3.63) is 29.8 Å². The van der Waals surface area contributed by atoms with Crippen LogP contribution in [-0.4, -0.2) is 36.1 Å². The quantitative estimate of drug-likeness (QED) is 0.787. The molecule has 2 rings (SSSR count). The van der Waals surface area contributed by atoms with Gasteiger partial charge in [0.25, 0.3) is 0 Å². The van der Waals surface area contributed by atoms with E-state index in [-0.39, 0.29) is 11.9 Å². The predicted octanol–water partition coefficient (Wildman–Crippen LogP) is 2.36. The molecule has 0 saturated carbocycles. The molecule has 2 heterocycles. The number of likely N-dealkylation sites (tertiary alicyclic amines) is 1. The van der Waals surface area contributed by atoms with Crippen LogP contribution in [0.1, 0.15) is 37.8 Å². The molecule has 1 saturated heterocycles. The van der Waals surface area contributed by atoms with E-state index in [1.165, 1.54) is 38.7 Å². The molecule has 0 spiro atoms. The van der Waals surface area contributed by atoms with Crippen LogP contribution in [0.5, 0.6) is 0 Å². The largest absolute Gasteiger partial charge is 0.310 e. The van der Waals surface area contributed by atoms with Gasteiger partial charge >= 0.3 is 0 Å². The summed E-state index contributed by atoms with van der Waals surface area (Å²) in [6, 6.07) is 1.71. The van der Waals surface area contributed by atoms with Crippen molar-refractivity contribution >= 4 is 0 Å².